The number of aromatic nitrogens is 1. The number of esters is 1. The first-order valence-corrected chi connectivity index (χ1v) is 7.60. The number of hydrogen-bond donors (Lipinski definition) is 3. The summed E-state index contributed by atoms with van der Waals surface area (Å²) in [5, 5.41) is 5.42. The standard InChI is InChI=1S/C17H20N4O4/c1-17(2,3)21-16(24)20-12(22)9-25-15(23)11-7-6-10-5-4-8-19-14(10)13(11)18/h4-8H,9,18H2,1-3H3,(H2,20,21,22,24). The quantitative estimate of drug-likeness (QED) is 0.574. The molecule has 0 atom stereocenters. The highest BCUT2D eigenvalue weighted by molar-refractivity contribution is 6.04. The summed E-state index contributed by atoms with van der Waals surface area (Å²) in [4.78, 5) is 39.5. The van der Waals surface area contributed by atoms with Crippen LogP contribution in [0.25, 0.3) is 10.9 Å². The molecule has 0 fully saturated rings. The van der Waals surface area contributed by atoms with Crippen molar-refractivity contribution < 1.29 is 19.1 Å². The molecule has 8 nitrogen and oxygen atoms in total. The van der Waals surface area contributed by atoms with E-state index in [1.807, 2.05) is 6.07 Å². The normalized spacial score (nSPS) is 11.0. The van der Waals surface area contributed by atoms with Crippen LogP contribution in [-0.4, -0.2) is 35.0 Å². The van der Waals surface area contributed by atoms with Crippen molar-refractivity contribution in [2.45, 2.75) is 26.3 Å². The number of amides is 3. The highest BCUT2D eigenvalue weighted by atomic mass is 16.5. The van der Waals surface area contributed by atoms with Crippen LogP contribution in [-0.2, 0) is 9.53 Å². The topological polar surface area (TPSA) is 123 Å². The van der Waals surface area contributed by atoms with E-state index >= 15 is 0 Å². The van der Waals surface area contributed by atoms with Crippen LogP contribution in [0.15, 0.2) is 30.5 Å². The number of urea groups is 1. The van der Waals surface area contributed by atoms with Crippen LogP contribution in [0.3, 0.4) is 0 Å². The van der Waals surface area contributed by atoms with Crippen molar-refractivity contribution in [1.82, 2.24) is 15.6 Å². The number of ether oxygens (including phenoxy) is 1. The van der Waals surface area contributed by atoms with Gasteiger partial charge >= 0.3 is 12.0 Å². The monoisotopic (exact) mass is 344 g/mol. The molecule has 0 aliphatic heterocycles. The summed E-state index contributed by atoms with van der Waals surface area (Å²) < 4.78 is 4.91. The van der Waals surface area contributed by atoms with Crippen LogP contribution in [0.2, 0.25) is 0 Å². The molecule has 4 N–H and O–H groups in total. The van der Waals surface area contributed by atoms with Gasteiger partial charge in [0.05, 0.1) is 16.8 Å². The maximum atomic E-state index is 12.1. The van der Waals surface area contributed by atoms with E-state index in [2.05, 4.69) is 15.6 Å². The van der Waals surface area contributed by atoms with Gasteiger partial charge in [0.25, 0.3) is 5.91 Å². The molecule has 0 saturated carbocycles. The number of anilines is 1. The van der Waals surface area contributed by atoms with Gasteiger partial charge in [-0.25, -0.2) is 9.59 Å². The number of imide groups is 1. The highest BCUT2D eigenvalue weighted by Crippen LogP contribution is 2.23. The minimum Gasteiger partial charge on any atom is -0.452 e. The molecule has 0 radical (unpaired) electrons. The third-order valence-electron chi connectivity index (χ3n) is 3.11. The zero-order valence-electron chi connectivity index (χ0n) is 14.3. The first-order valence-electron chi connectivity index (χ1n) is 7.60. The minimum atomic E-state index is -0.767. The molecular weight excluding hydrogens is 324 g/mol. The maximum absolute atomic E-state index is 12.1. The zero-order valence-corrected chi connectivity index (χ0v) is 14.3. The Hall–Kier alpha value is -3.16. The van der Waals surface area contributed by atoms with E-state index in [1.54, 1.807) is 39.1 Å². The lowest BCUT2D eigenvalue weighted by Crippen LogP contribution is -2.49. The van der Waals surface area contributed by atoms with Gasteiger partial charge in [-0.15, -0.1) is 0 Å². The lowest BCUT2D eigenvalue weighted by atomic mass is 10.1. The molecule has 132 valence electrons. The second-order valence-electron chi connectivity index (χ2n) is 6.43. The maximum Gasteiger partial charge on any atom is 0.340 e. The van der Waals surface area contributed by atoms with Gasteiger partial charge in [0.2, 0.25) is 0 Å². The largest absolute Gasteiger partial charge is 0.452 e. The number of nitrogen functional groups attached to an aromatic ring is 1. The van der Waals surface area contributed by atoms with E-state index in [9.17, 15) is 14.4 Å². The van der Waals surface area contributed by atoms with Crippen molar-refractivity contribution in [2.75, 3.05) is 12.3 Å². The van der Waals surface area contributed by atoms with E-state index in [-0.39, 0.29) is 11.3 Å². The lowest BCUT2D eigenvalue weighted by molar-refractivity contribution is -0.123. The van der Waals surface area contributed by atoms with Gasteiger partial charge in [-0.05, 0) is 32.9 Å². The molecule has 2 aromatic rings. The van der Waals surface area contributed by atoms with Crippen LogP contribution in [0.1, 0.15) is 31.1 Å². The third-order valence-corrected chi connectivity index (χ3v) is 3.11. The Balaban J connectivity index is 1.97. The van der Waals surface area contributed by atoms with Crippen molar-refractivity contribution in [3.8, 4) is 0 Å². The predicted octanol–water partition coefficient (Wildman–Crippen LogP) is 1.60. The highest BCUT2D eigenvalue weighted by Gasteiger charge is 2.18. The van der Waals surface area contributed by atoms with Gasteiger partial charge in [0, 0.05) is 17.1 Å². The van der Waals surface area contributed by atoms with Gasteiger partial charge in [-0.1, -0.05) is 12.1 Å². The SMILES string of the molecule is CC(C)(C)NC(=O)NC(=O)COC(=O)c1ccc2cccnc2c1N. The number of benzene rings is 1. The molecule has 0 aliphatic rings. The lowest BCUT2D eigenvalue weighted by Gasteiger charge is -2.20. The van der Waals surface area contributed by atoms with E-state index < -0.39 is 30.1 Å². The van der Waals surface area contributed by atoms with Crippen LogP contribution in [0.4, 0.5) is 10.5 Å². The Kier molecular flexibility index (Phi) is 5.21. The molecule has 8 heteroatoms. The average Bonchev–Trinajstić information content (AvgIpc) is 2.51. The van der Waals surface area contributed by atoms with Gasteiger partial charge in [0.1, 0.15) is 0 Å². The summed E-state index contributed by atoms with van der Waals surface area (Å²) >= 11 is 0. The molecule has 2 rings (SSSR count). The Labute approximate surface area is 144 Å². The van der Waals surface area contributed by atoms with E-state index in [1.165, 1.54) is 6.07 Å². The number of carbonyl (C=O) groups is 3. The molecule has 25 heavy (non-hydrogen) atoms. The number of nitrogens with two attached hydrogens (primary N) is 1. The molecule has 0 aliphatic carbocycles. The molecule has 0 unspecified atom stereocenters. The van der Waals surface area contributed by atoms with Crippen LogP contribution >= 0.6 is 0 Å². The number of nitrogens with one attached hydrogen (secondary N) is 2. The second-order valence-corrected chi connectivity index (χ2v) is 6.43. The summed E-state index contributed by atoms with van der Waals surface area (Å²) in [7, 11) is 0. The van der Waals surface area contributed by atoms with E-state index in [4.69, 9.17) is 10.5 Å². The molecule has 0 saturated heterocycles. The van der Waals surface area contributed by atoms with Crippen molar-refractivity contribution in [3.63, 3.8) is 0 Å². The number of pyridine rings is 1. The van der Waals surface area contributed by atoms with Gasteiger partial charge in [-0.3, -0.25) is 15.1 Å². The Morgan fingerprint density at radius 3 is 2.60 bits per heavy atom. The first-order chi connectivity index (χ1) is 11.7. The van der Waals surface area contributed by atoms with Crippen LogP contribution < -0.4 is 16.4 Å². The number of nitrogens with zero attached hydrogens (tertiary/aromatic N) is 1. The van der Waals surface area contributed by atoms with Crippen molar-refractivity contribution in [2.24, 2.45) is 0 Å². The van der Waals surface area contributed by atoms with E-state index in [0.717, 1.165) is 5.39 Å². The van der Waals surface area contributed by atoms with Crippen molar-refractivity contribution in [1.29, 1.82) is 0 Å². The summed E-state index contributed by atoms with van der Waals surface area (Å²) in [5.74, 6) is -1.51. The van der Waals surface area contributed by atoms with Gasteiger partial charge < -0.3 is 15.8 Å². The minimum absolute atomic E-state index is 0.109. The molecule has 0 spiro atoms. The smallest absolute Gasteiger partial charge is 0.340 e. The fourth-order valence-electron chi connectivity index (χ4n) is 2.09. The Morgan fingerprint density at radius 1 is 1.20 bits per heavy atom. The molecule has 1 aromatic carbocycles. The summed E-state index contributed by atoms with van der Waals surface area (Å²) in [6.45, 7) is 4.71. The second kappa shape index (κ2) is 7.16. The molecule has 0 bridgehead atoms. The summed E-state index contributed by atoms with van der Waals surface area (Å²) in [6.07, 6.45) is 1.56. The molecule has 1 heterocycles. The predicted molar refractivity (Wildman–Crippen MR) is 92.9 cm³/mol. The number of rotatable bonds is 3. The first kappa shape index (κ1) is 18.2. The van der Waals surface area contributed by atoms with Crippen LogP contribution in [0.5, 0.6) is 0 Å². The van der Waals surface area contributed by atoms with Crippen molar-refractivity contribution in [3.05, 3.63) is 36.0 Å². The average molecular weight is 344 g/mol. The summed E-state index contributed by atoms with van der Waals surface area (Å²) in [6, 6.07) is 6.10. The third kappa shape index (κ3) is 4.90. The number of hydrogen-bond acceptors (Lipinski definition) is 6. The van der Waals surface area contributed by atoms with E-state index in [0.29, 0.717) is 5.52 Å². The molecule has 3 amide bonds. The van der Waals surface area contributed by atoms with Crippen molar-refractivity contribution >= 4 is 34.5 Å². The van der Waals surface area contributed by atoms with Gasteiger partial charge in [-0.2, -0.15) is 0 Å². The van der Waals surface area contributed by atoms with Gasteiger partial charge in [0.15, 0.2) is 6.61 Å². The van der Waals surface area contributed by atoms with Crippen LogP contribution in [0, 0.1) is 0 Å². The number of carbonyl (C=O) groups excluding carboxylic acids is 3. The fourth-order valence-corrected chi connectivity index (χ4v) is 2.09. The fraction of sp³-hybridized carbons (Fsp3) is 0.294. The Bertz CT molecular complexity index is 827. The Morgan fingerprint density at radius 2 is 1.92 bits per heavy atom. The molecular formula is C17H20N4O4. The molecule has 1 aromatic heterocycles. The zero-order chi connectivity index (χ0) is 18.6. The summed E-state index contributed by atoms with van der Waals surface area (Å²) in [5.41, 5.74) is 6.22. The number of fused-ring (bicyclic) bond motifs is 1.